The Hall–Kier alpha value is -3.09. The van der Waals surface area contributed by atoms with Crippen LogP contribution in [0, 0.1) is 6.92 Å². The van der Waals surface area contributed by atoms with Crippen molar-refractivity contribution in [2.75, 3.05) is 20.8 Å². The van der Waals surface area contributed by atoms with Crippen LogP contribution >= 0.6 is 0 Å². The summed E-state index contributed by atoms with van der Waals surface area (Å²) < 4.78 is 10.7. The van der Waals surface area contributed by atoms with Crippen LogP contribution in [0.25, 0.3) is 11.0 Å². The van der Waals surface area contributed by atoms with Crippen molar-refractivity contribution in [3.63, 3.8) is 0 Å². The van der Waals surface area contributed by atoms with Crippen LogP contribution in [0.4, 0.5) is 0 Å². The van der Waals surface area contributed by atoms with E-state index < -0.39 is 0 Å². The lowest BCUT2D eigenvalue weighted by atomic mass is 9.84. The quantitative estimate of drug-likeness (QED) is 0.698. The number of hydrogen-bond acceptors (Lipinski definition) is 5. The number of ether oxygens (including phenoxy) is 2. The maximum atomic E-state index is 12.6. The van der Waals surface area contributed by atoms with Crippen molar-refractivity contribution < 1.29 is 14.3 Å². The summed E-state index contributed by atoms with van der Waals surface area (Å²) >= 11 is 0. The molecule has 0 saturated heterocycles. The number of aryl methyl sites for hydroxylation is 1. The van der Waals surface area contributed by atoms with Gasteiger partial charge >= 0.3 is 0 Å². The zero-order valence-electron chi connectivity index (χ0n) is 16.2. The summed E-state index contributed by atoms with van der Waals surface area (Å²) in [7, 11) is 3.22. The second kappa shape index (κ2) is 7.26. The van der Waals surface area contributed by atoms with Gasteiger partial charge in [-0.2, -0.15) is 5.10 Å². The summed E-state index contributed by atoms with van der Waals surface area (Å²) in [5.74, 6) is 1.17. The maximum Gasteiger partial charge on any atom is 0.252 e. The first kappa shape index (κ1) is 18.7. The van der Waals surface area contributed by atoms with Gasteiger partial charge in [0.15, 0.2) is 17.1 Å². The smallest absolute Gasteiger partial charge is 0.252 e. The first-order valence-electron chi connectivity index (χ1n) is 8.67. The number of rotatable bonds is 6. The highest BCUT2D eigenvalue weighted by molar-refractivity contribution is 5.97. The third-order valence-corrected chi connectivity index (χ3v) is 4.72. The minimum atomic E-state index is -0.293. The predicted octanol–water partition coefficient (Wildman–Crippen LogP) is 2.99. The van der Waals surface area contributed by atoms with Crippen LogP contribution in [-0.4, -0.2) is 41.9 Å². The molecule has 7 heteroatoms. The number of H-pyrrole nitrogens is 1. The van der Waals surface area contributed by atoms with Gasteiger partial charge in [0.1, 0.15) is 0 Å². The lowest BCUT2D eigenvalue weighted by Gasteiger charge is -2.26. The van der Waals surface area contributed by atoms with Crippen molar-refractivity contribution in [1.82, 2.24) is 20.5 Å². The van der Waals surface area contributed by atoms with Gasteiger partial charge in [-0.05, 0) is 30.7 Å². The number of aromatic amines is 1. The molecular weight excluding hydrogens is 344 g/mol. The van der Waals surface area contributed by atoms with Gasteiger partial charge in [0.25, 0.3) is 5.91 Å². The Kier molecular flexibility index (Phi) is 5.03. The summed E-state index contributed by atoms with van der Waals surface area (Å²) in [5, 5.41) is 10.8. The molecule has 0 aliphatic carbocycles. The first-order valence-corrected chi connectivity index (χ1v) is 8.67. The standard InChI is InChI=1S/C20H24N4O3/c1-12-15-8-13(10-21-18(15)24-23-12)19(25)22-11-20(2,3)14-6-7-16(26-4)17(9-14)27-5/h6-10H,11H2,1-5H3,(H,22,25)(H,21,23,24). The molecule has 0 saturated carbocycles. The number of nitrogens with zero attached hydrogens (tertiary/aromatic N) is 2. The number of methoxy groups -OCH3 is 2. The lowest BCUT2D eigenvalue weighted by Crippen LogP contribution is -2.36. The predicted molar refractivity (Wildman–Crippen MR) is 104 cm³/mol. The number of fused-ring (bicyclic) bond motifs is 1. The van der Waals surface area contributed by atoms with Crippen molar-refractivity contribution in [2.24, 2.45) is 0 Å². The van der Waals surface area contributed by atoms with Crippen molar-refractivity contribution in [3.05, 3.63) is 47.3 Å². The van der Waals surface area contributed by atoms with E-state index in [-0.39, 0.29) is 11.3 Å². The zero-order valence-corrected chi connectivity index (χ0v) is 16.2. The van der Waals surface area contributed by atoms with Gasteiger partial charge in [-0.25, -0.2) is 4.98 Å². The molecule has 0 bridgehead atoms. The van der Waals surface area contributed by atoms with E-state index in [9.17, 15) is 4.79 Å². The Morgan fingerprint density at radius 3 is 2.63 bits per heavy atom. The van der Waals surface area contributed by atoms with Crippen LogP contribution in [0.3, 0.4) is 0 Å². The van der Waals surface area contributed by atoms with Gasteiger partial charge in [-0.15, -0.1) is 0 Å². The largest absolute Gasteiger partial charge is 0.493 e. The Morgan fingerprint density at radius 1 is 1.19 bits per heavy atom. The Morgan fingerprint density at radius 2 is 1.93 bits per heavy atom. The van der Waals surface area contributed by atoms with E-state index in [0.717, 1.165) is 16.6 Å². The van der Waals surface area contributed by atoms with Crippen LogP contribution < -0.4 is 14.8 Å². The van der Waals surface area contributed by atoms with Gasteiger partial charge in [-0.3, -0.25) is 9.89 Å². The Labute approximate surface area is 158 Å². The van der Waals surface area contributed by atoms with Gasteiger partial charge in [0.05, 0.1) is 19.8 Å². The molecule has 27 heavy (non-hydrogen) atoms. The van der Waals surface area contributed by atoms with E-state index in [1.165, 1.54) is 0 Å². The number of aromatic nitrogens is 3. The number of carbonyl (C=O) groups is 1. The third-order valence-electron chi connectivity index (χ3n) is 4.72. The third kappa shape index (κ3) is 3.72. The van der Waals surface area contributed by atoms with Crippen molar-refractivity contribution in [1.29, 1.82) is 0 Å². The summed E-state index contributed by atoms with van der Waals surface area (Å²) in [4.78, 5) is 16.8. The fourth-order valence-corrected chi connectivity index (χ4v) is 2.91. The summed E-state index contributed by atoms with van der Waals surface area (Å²) in [5.41, 5.74) is 2.75. The van der Waals surface area contributed by atoms with Gasteiger partial charge in [0.2, 0.25) is 0 Å². The van der Waals surface area contributed by atoms with Gasteiger partial charge < -0.3 is 14.8 Å². The first-order chi connectivity index (χ1) is 12.9. The zero-order chi connectivity index (χ0) is 19.6. The van der Waals surface area contributed by atoms with Crippen molar-refractivity contribution in [2.45, 2.75) is 26.2 Å². The van der Waals surface area contributed by atoms with E-state index in [1.807, 2.05) is 25.1 Å². The molecule has 0 fully saturated rings. The highest BCUT2D eigenvalue weighted by Gasteiger charge is 2.23. The average molecular weight is 368 g/mol. The molecule has 0 radical (unpaired) electrons. The molecule has 0 spiro atoms. The number of amides is 1. The lowest BCUT2D eigenvalue weighted by molar-refractivity contribution is 0.0945. The second-order valence-electron chi connectivity index (χ2n) is 7.08. The molecule has 3 rings (SSSR count). The van der Waals surface area contributed by atoms with Gasteiger partial charge in [0, 0.05) is 29.2 Å². The molecule has 1 aromatic carbocycles. The van der Waals surface area contributed by atoms with Crippen LogP contribution in [0.5, 0.6) is 11.5 Å². The molecule has 3 aromatic rings. The van der Waals surface area contributed by atoms with Crippen molar-refractivity contribution >= 4 is 16.9 Å². The fraction of sp³-hybridized carbons (Fsp3) is 0.350. The molecule has 7 nitrogen and oxygen atoms in total. The fourth-order valence-electron chi connectivity index (χ4n) is 2.91. The Bertz CT molecular complexity index is 979. The SMILES string of the molecule is COc1ccc(C(C)(C)CNC(=O)c2cnc3n[nH]c(C)c3c2)cc1OC. The molecular formula is C20H24N4O3. The number of hydrogen-bond donors (Lipinski definition) is 2. The minimum Gasteiger partial charge on any atom is -0.493 e. The Balaban J connectivity index is 1.75. The number of benzene rings is 1. The highest BCUT2D eigenvalue weighted by Crippen LogP contribution is 2.33. The molecule has 0 aliphatic heterocycles. The highest BCUT2D eigenvalue weighted by atomic mass is 16.5. The molecule has 1 amide bonds. The van der Waals surface area contributed by atoms with E-state index in [1.54, 1.807) is 26.5 Å². The number of pyridine rings is 1. The monoisotopic (exact) mass is 368 g/mol. The van der Waals surface area contributed by atoms with Crippen molar-refractivity contribution in [3.8, 4) is 11.5 Å². The summed E-state index contributed by atoms with van der Waals surface area (Å²) in [6.45, 7) is 6.50. The van der Waals surface area contributed by atoms with E-state index >= 15 is 0 Å². The number of carbonyl (C=O) groups excluding carboxylic acids is 1. The average Bonchev–Trinajstić information content (AvgIpc) is 3.05. The molecule has 2 aromatic heterocycles. The van der Waals surface area contributed by atoms with Crippen LogP contribution in [0.15, 0.2) is 30.5 Å². The number of nitrogens with one attached hydrogen (secondary N) is 2. The molecule has 142 valence electrons. The van der Waals surface area contributed by atoms with E-state index in [0.29, 0.717) is 29.3 Å². The minimum absolute atomic E-state index is 0.168. The summed E-state index contributed by atoms with van der Waals surface area (Å²) in [6, 6.07) is 7.60. The van der Waals surface area contributed by atoms with Crippen LogP contribution in [0.1, 0.15) is 35.5 Å². The van der Waals surface area contributed by atoms with Crippen LogP contribution in [-0.2, 0) is 5.41 Å². The normalized spacial score (nSPS) is 11.4. The van der Waals surface area contributed by atoms with E-state index in [2.05, 4.69) is 34.3 Å². The van der Waals surface area contributed by atoms with Gasteiger partial charge in [-0.1, -0.05) is 19.9 Å². The molecule has 0 atom stereocenters. The van der Waals surface area contributed by atoms with E-state index in [4.69, 9.17) is 9.47 Å². The summed E-state index contributed by atoms with van der Waals surface area (Å²) in [6.07, 6.45) is 1.54. The topological polar surface area (TPSA) is 89.1 Å². The van der Waals surface area contributed by atoms with Crippen LogP contribution in [0.2, 0.25) is 0 Å². The molecule has 2 heterocycles. The molecule has 0 unspecified atom stereocenters. The second-order valence-corrected chi connectivity index (χ2v) is 7.08. The molecule has 2 N–H and O–H groups in total. The molecule has 0 aliphatic rings. The maximum absolute atomic E-state index is 12.6.